The van der Waals surface area contributed by atoms with Crippen LogP contribution in [0.15, 0.2) is 0 Å². The first kappa shape index (κ1) is 10.2. The van der Waals surface area contributed by atoms with Crippen LogP contribution in [0, 0.1) is 0 Å². The average Bonchev–Trinajstić information content (AvgIpc) is 3.02. The van der Waals surface area contributed by atoms with Crippen LogP contribution < -0.4 is 5.32 Å². The summed E-state index contributed by atoms with van der Waals surface area (Å²) in [7, 11) is 3.58. The number of rotatable bonds is 3. The maximum Gasteiger partial charge on any atom is 0.269 e. The fourth-order valence-electron chi connectivity index (χ4n) is 1.91. The van der Waals surface area contributed by atoms with Crippen LogP contribution in [0.2, 0.25) is 0 Å². The highest BCUT2D eigenvalue weighted by Crippen LogP contribution is 2.41. The molecule has 0 saturated heterocycles. The van der Waals surface area contributed by atoms with Gasteiger partial charge in [0, 0.05) is 26.4 Å². The van der Waals surface area contributed by atoms with Crippen molar-refractivity contribution in [3.05, 3.63) is 17.2 Å². The molecule has 4 nitrogen and oxygen atoms in total. The van der Waals surface area contributed by atoms with Crippen molar-refractivity contribution in [2.24, 2.45) is 7.05 Å². The molecule has 1 N–H and O–H groups in total. The molecular weight excluding hydrogens is 190 g/mol. The Labute approximate surface area is 89.7 Å². The predicted octanol–water partition coefficient (Wildman–Crippen LogP) is 1.22. The van der Waals surface area contributed by atoms with E-state index in [0.29, 0.717) is 5.92 Å². The molecule has 0 aromatic carbocycles. The quantitative estimate of drug-likeness (QED) is 0.810. The van der Waals surface area contributed by atoms with Gasteiger partial charge in [-0.15, -0.1) is 0 Å². The summed E-state index contributed by atoms with van der Waals surface area (Å²) < 4.78 is 1.92. The summed E-state index contributed by atoms with van der Waals surface area (Å²) in [4.78, 5) is 16.3. The maximum absolute atomic E-state index is 11.7. The van der Waals surface area contributed by atoms with E-state index in [9.17, 15) is 4.79 Å². The zero-order chi connectivity index (χ0) is 11.0. The standard InChI is InChI=1S/C11H17N3O/c1-4-8-13-9(7-5-6-7)10(14(8)3)11(15)12-2/h7H,4-6H2,1-3H3,(H,12,15). The van der Waals surface area contributed by atoms with E-state index in [0.717, 1.165) is 23.6 Å². The second kappa shape index (κ2) is 3.68. The average molecular weight is 207 g/mol. The summed E-state index contributed by atoms with van der Waals surface area (Å²) in [6.07, 6.45) is 3.21. The fourth-order valence-corrected chi connectivity index (χ4v) is 1.91. The first-order chi connectivity index (χ1) is 7.19. The molecule has 15 heavy (non-hydrogen) atoms. The Morgan fingerprint density at radius 3 is 2.73 bits per heavy atom. The lowest BCUT2D eigenvalue weighted by molar-refractivity contribution is 0.0953. The molecule has 1 aromatic rings. The Morgan fingerprint density at radius 1 is 1.60 bits per heavy atom. The third-order valence-corrected chi connectivity index (χ3v) is 2.94. The van der Waals surface area contributed by atoms with Crippen LogP contribution in [-0.2, 0) is 13.5 Å². The summed E-state index contributed by atoms with van der Waals surface area (Å²) in [6.45, 7) is 2.06. The van der Waals surface area contributed by atoms with E-state index in [4.69, 9.17) is 0 Å². The number of hydrogen-bond donors (Lipinski definition) is 1. The van der Waals surface area contributed by atoms with E-state index in [2.05, 4.69) is 17.2 Å². The molecule has 4 heteroatoms. The van der Waals surface area contributed by atoms with Gasteiger partial charge >= 0.3 is 0 Å². The number of imidazole rings is 1. The van der Waals surface area contributed by atoms with Crippen LogP contribution >= 0.6 is 0 Å². The van der Waals surface area contributed by atoms with Crippen LogP contribution in [-0.4, -0.2) is 22.5 Å². The van der Waals surface area contributed by atoms with Crippen molar-refractivity contribution in [3.8, 4) is 0 Å². The van der Waals surface area contributed by atoms with Crippen LogP contribution in [0.4, 0.5) is 0 Å². The van der Waals surface area contributed by atoms with Gasteiger partial charge < -0.3 is 9.88 Å². The topological polar surface area (TPSA) is 46.9 Å². The van der Waals surface area contributed by atoms with Gasteiger partial charge in [-0.1, -0.05) is 6.92 Å². The Hall–Kier alpha value is -1.32. The first-order valence-corrected chi connectivity index (χ1v) is 5.46. The number of aryl methyl sites for hydroxylation is 1. The van der Waals surface area contributed by atoms with Crippen molar-refractivity contribution >= 4 is 5.91 Å². The number of aromatic nitrogens is 2. The zero-order valence-corrected chi connectivity index (χ0v) is 9.50. The third-order valence-electron chi connectivity index (χ3n) is 2.94. The zero-order valence-electron chi connectivity index (χ0n) is 9.50. The van der Waals surface area contributed by atoms with Crippen molar-refractivity contribution in [2.45, 2.75) is 32.1 Å². The van der Waals surface area contributed by atoms with E-state index >= 15 is 0 Å². The van der Waals surface area contributed by atoms with Gasteiger partial charge in [-0.2, -0.15) is 0 Å². The minimum Gasteiger partial charge on any atom is -0.354 e. The number of nitrogens with zero attached hydrogens (tertiary/aromatic N) is 2. The summed E-state index contributed by atoms with van der Waals surface area (Å²) in [6, 6.07) is 0. The normalized spacial score (nSPS) is 15.4. The maximum atomic E-state index is 11.7. The largest absolute Gasteiger partial charge is 0.354 e. The lowest BCUT2D eigenvalue weighted by atomic mass is 10.2. The van der Waals surface area contributed by atoms with Crippen molar-refractivity contribution < 1.29 is 4.79 Å². The molecule has 1 aliphatic carbocycles. The van der Waals surface area contributed by atoms with Crippen molar-refractivity contribution in [2.75, 3.05) is 7.05 Å². The summed E-state index contributed by atoms with van der Waals surface area (Å²) >= 11 is 0. The van der Waals surface area contributed by atoms with E-state index in [1.165, 1.54) is 12.8 Å². The number of amides is 1. The van der Waals surface area contributed by atoms with Crippen LogP contribution in [0.5, 0.6) is 0 Å². The van der Waals surface area contributed by atoms with Gasteiger partial charge in [0.2, 0.25) is 0 Å². The lowest BCUT2D eigenvalue weighted by Crippen LogP contribution is -2.22. The second-order valence-electron chi connectivity index (χ2n) is 4.03. The Morgan fingerprint density at radius 2 is 2.27 bits per heavy atom. The molecule has 1 aromatic heterocycles. The summed E-state index contributed by atoms with van der Waals surface area (Å²) in [5.41, 5.74) is 1.74. The fraction of sp³-hybridized carbons (Fsp3) is 0.636. The van der Waals surface area contributed by atoms with Crippen molar-refractivity contribution in [1.82, 2.24) is 14.9 Å². The van der Waals surface area contributed by atoms with Gasteiger partial charge in [0.05, 0.1) is 5.69 Å². The molecule has 1 aliphatic rings. The third kappa shape index (κ3) is 1.64. The molecule has 0 spiro atoms. The minimum atomic E-state index is -0.0217. The highest BCUT2D eigenvalue weighted by molar-refractivity contribution is 5.94. The van der Waals surface area contributed by atoms with Crippen LogP contribution in [0.1, 0.15) is 47.7 Å². The van der Waals surface area contributed by atoms with Crippen LogP contribution in [0.25, 0.3) is 0 Å². The molecule has 2 rings (SSSR count). The Kier molecular flexibility index (Phi) is 2.50. The highest BCUT2D eigenvalue weighted by Gasteiger charge is 2.32. The number of hydrogen-bond acceptors (Lipinski definition) is 2. The highest BCUT2D eigenvalue weighted by atomic mass is 16.1. The monoisotopic (exact) mass is 207 g/mol. The Balaban J connectivity index is 2.47. The molecule has 0 atom stereocenters. The van der Waals surface area contributed by atoms with Gasteiger partial charge in [-0.25, -0.2) is 4.98 Å². The molecular formula is C11H17N3O. The number of carbonyl (C=O) groups is 1. The van der Waals surface area contributed by atoms with Crippen molar-refractivity contribution in [1.29, 1.82) is 0 Å². The first-order valence-electron chi connectivity index (χ1n) is 5.46. The molecule has 0 unspecified atom stereocenters. The summed E-state index contributed by atoms with van der Waals surface area (Å²) in [5, 5.41) is 2.68. The van der Waals surface area contributed by atoms with Gasteiger partial charge in [-0.05, 0) is 12.8 Å². The SMILES string of the molecule is CCc1nc(C2CC2)c(C(=O)NC)n1C. The van der Waals surface area contributed by atoms with Gasteiger partial charge in [0.15, 0.2) is 0 Å². The van der Waals surface area contributed by atoms with Crippen molar-refractivity contribution in [3.63, 3.8) is 0 Å². The van der Waals surface area contributed by atoms with E-state index < -0.39 is 0 Å². The van der Waals surface area contributed by atoms with Gasteiger partial charge in [0.25, 0.3) is 5.91 Å². The smallest absolute Gasteiger partial charge is 0.269 e. The minimum absolute atomic E-state index is 0.0217. The Bertz CT molecular complexity index is 391. The molecule has 1 saturated carbocycles. The summed E-state index contributed by atoms with van der Waals surface area (Å²) in [5.74, 6) is 1.49. The van der Waals surface area contributed by atoms with Gasteiger partial charge in [-0.3, -0.25) is 4.79 Å². The van der Waals surface area contributed by atoms with E-state index in [-0.39, 0.29) is 5.91 Å². The number of nitrogens with one attached hydrogen (secondary N) is 1. The molecule has 1 fully saturated rings. The predicted molar refractivity (Wildman–Crippen MR) is 58.0 cm³/mol. The van der Waals surface area contributed by atoms with E-state index in [1.54, 1.807) is 7.05 Å². The molecule has 0 aliphatic heterocycles. The van der Waals surface area contributed by atoms with Gasteiger partial charge in [0.1, 0.15) is 11.5 Å². The lowest BCUT2D eigenvalue weighted by Gasteiger charge is -2.04. The number of carbonyl (C=O) groups excluding carboxylic acids is 1. The molecule has 82 valence electrons. The molecule has 1 amide bonds. The molecule has 0 bridgehead atoms. The molecule has 0 radical (unpaired) electrons. The van der Waals surface area contributed by atoms with E-state index in [1.807, 2.05) is 11.6 Å². The molecule has 1 heterocycles. The van der Waals surface area contributed by atoms with Crippen LogP contribution in [0.3, 0.4) is 0 Å². The second-order valence-corrected chi connectivity index (χ2v) is 4.03.